The molecule has 2 heterocycles. The van der Waals surface area contributed by atoms with E-state index in [-0.39, 0.29) is 17.5 Å². The van der Waals surface area contributed by atoms with E-state index in [1.165, 1.54) is 11.3 Å². The lowest BCUT2D eigenvalue weighted by molar-refractivity contribution is 0.163. The lowest BCUT2D eigenvalue weighted by Crippen LogP contribution is -2.51. The molecule has 1 fully saturated rings. The van der Waals surface area contributed by atoms with Gasteiger partial charge in [-0.3, -0.25) is 0 Å². The maximum atomic E-state index is 12.2. The summed E-state index contributed by atoms with van der Waals surface area (Å²) in [7, 11) is -3.45. The number of halogens is 1. The highest BCUT2D eigenvalue weighted by Crippen LogP contribution is 2.26. The summed E-state index contributed by atoms with van der Waals surface area (Å²) in [5.41, 5.74) is -0.251. The van der Waals surface area contributed by atoms with Crippen molar-refractivity contribution < 1.29 is 13.2 Å². The van der Waals surface area contributed by atoms with Gasteiger partial charge in [-0.1, -0.05) is 0 Å². The second-order valence-electron chi connectivity index (χ2n) is 7.02. The number of urea groups is 1. The molecule has 0 bridgehead atoms. The highest BCUT2D eigenvalue weighted by molar-refractivity contribution is 9.11. The molecule has 0 aromatic carbocycles. The highest BCUT2D eigenvalue weighted by atomic mass is 79.9. The summed E-state index contributed by atoms with van der Waals surface area (Å²) in [5, 5.41) is 2.96. The van der Waals surface area contributed by atoms with Crippen LogP contribution >= 0.6 is 27.3 Å². The number of carbonyl (C=O) groups is 1. The molecular formula is C15H24BrN3O3S2. The normalized spacial score (nSPS) is 17.1. The summed E-state index contributed by atoms with van der Waals surface area (Å²) in [6, 6.07) is 3.27. The van der Waals surface area contributed by atoms with Gasteiger partial charge in [-0.05, 0) is 67.6 Å². The molecule has 2 N–H and O–H groups in total. The molecule has 6 nitrogen and oxygen atoms in total. The van der Waals surface area contributed by atoms with Crippen LogP contribution in [0.3, 0.4) is 0 Å². The van der Waals surface area contributed by atoms with Crippen molar-refractivity contribution in [1.82, 2.24) is 14.9 Å². The molecule has 0 spiro atoms. The standard InChI is InChI=1S/C15H24BrN3O3S2/c1-15(2,3)18-14(20)19-8-6-11(7-9-19)10-17-24(21,22)13-5-4-12(16)23-13/h4-5,11,17H,6-10H2,1-3H3,(H,18,20). The van der Waals surface area contributed by atoms with E-state index in [0.29, 0.717) is 23.8 Å². The third-order valence-electron chi connectivity index (χ3n) is 3.76. The Morgan fingerprint density at radius 3 is 2.46 bits per heavy atom. The largest absolute Gasteiger partial charge is 0.333 e. The Morgan fingerprint density at radius 2 is 1.96 bits per heavy atom. The molecule has 1 aliphatic rings. The van der Waals surface area contributed by atoms with Crippen LogP contribution in [0.1, 0.15) is 33.6 Å². The number of likely N-dealkylation sites (tertiary alicyclic amines) is 1. The first-order valence-corrected chi connectivity index (χ1v) is 11.0. The molecule has 24 heavy (non-hydrogen) atoms. The van der Waals surface area contributed by atoms with Crippen molar-refractivity contribution >= 4 is 43.3 Å². The Hall–Kier alpha value is -0.640. The smallest absolute Gasteiger partial charge is 0.317 e. The van der Waals surface area contributed by atoms with Crippen molar-refractivity contribution in [3.05, 3.63) is 15.9 Å². The van der Waals surface area contributed by atoms with Gasteiger partial charge in [-0.25, -0.2) is 17.9 Å². The van der Waals surface area contributed by atoms with Crippen molar-refractivity contribution in [2.75, 3.05) is 19.6 Å². The van der Waals surface area contributed by atoms with Crippen LogP contribution in [0.2, 0.25) is 0 Å². The molecule has 0 atom stereocenters. The first kappa shape index (κ1) is 19.7. The van der Waals surface area contributed by atoms with Crippen LogP contribution in [0.15, 0.2) is 20.1 Å². The predicted octanol–water partition coefficient (Wildman–Crippen LogP) is 3.01. The van der Waals surface area contributed by atoms with Crippen molar-refractivity contribution in [1.29, 1.82) is 0 Å². The van der Waals surface area contributed by atoms with E-state index < -0.39 is 10.0 Å². The molecule has 0 radical (unpaired) electrons. The van der Waals surface area contributed by atoms with E-state index in [4.69, 9.17) is 0 Å². The fraction of sp³-hybridized carbons (Fsp3) is 0.667. The minimum Gasteiger partial charge on any atom is -0.333 e. The van der Waals surface area contributed by atoms with Crippen molar-refractivity contribution in [3.63, 3.8) is 0 Å². The van der Waals surface area contributed by atoms with Crippen LogP contribution in [0.5, 0.6) is 0 Å². The molecule has 9 heteroatoms. The fourth-order valence-corrected chi connectivity index (χ4v) is 5.65. The Labute approximate surface area is 156 Å². The number of nitrogens with zero attached hydrogens (tertiary/aromatic N) is 1. The highest BCUT2D eigenvalue weighted by Gasteiger charge is 2.26. The summed E-state index contributed by atoms with van der Waals surface area (Å²) in [6.07, 6.45) is 1.60. The number of hydrogen-bond donors (Lipinski definition) is 2. The molecule has 1 saturated heterocycles. The van der Waals surface area contributed by atoms with Crippen molar-refractivity contribution in [3.8, 4) is 0 Å². The molecular weight excluding hydrogens is 414 g/mol. The average molecular weight is 438 g/mol. The fourth-order valence-electron chi connectivity index (χ4n) is 2.48. The van der Waals surface area contributed by atoms with E-state index >= 15 is 0 Å². The number of nitrogens with one attached hydrogen (secondary N) is 2. The molecule has 1 aromatic rings. The summed E-state index contributed by atoms with van der Waals surface area (Å²) < 4.78 is 28.2. The monoisotopic (exact) mass is 437 g/mol. The Bertz CT molecular complexity index is 674. The number of piperidine rings is 1. The van der Waals surface area contributed by atoms with E-state index in [1.54, 1.807) is 17.0 Å². The maximum absolute atomic E-state index is 12.2. The minimum absolute atomic E-state index is 0.0510. The summed E-state index contributed by atoms with van der Waals surface area (Å²) in [5.74, 6) is 0.252. The molecule has 2 rings (SSSR count). The van der Waals surface area contributed by atoms with E-state index in [2.05, 4.69) is 26.0 Å². The number of carbonyl (C=O) groups excluding carboxylic acids is 1. The lowest BCUT2D eigenvalue weighted by atomic mass is 9.97. The summed E-state index contributed by atoms with van der Waals surface area (Å²) in [4.78, 5) is 13.9. The second kappa shape index (κ2) is 7.72. The zero-order valence-electron chi connectivity index (χ0n) is 14.1. The Balaban J connectivity index is 1.80. The number of sulfonamides is 1. The van der Waals surface area contributed by atoms with Crippen molar-refractivity contribution in [2.24, 2.45) is 5.92 Å². The van der Waals surface area contributed by atoms with Gasteiger partial charge >= 0.3 is 6.03 Å². The van der Waals surface area contributed by atoms with Gasteiger partial charge in [-0.2, -0.15) is 0 Å². The van der Waals surface area contributed by atoms with Gasteiger partial charge in [-0.15, -0.1) is 11.3 Å². The first-order chi connectivity index (χ1) is 11.1. The van der Waals surface area contributed by atoms with Crippen LogP contribution in [0, 0.1) is 5.92 Å². The van der Waals surface area contributed by atoms with Crippen LogP contribution in [-0.2, 0) is 10.0 Å². The van der Waals surface area contributed by atoms with Crippen LogP contribution < -0.4 is 10.0 Å². The van der Waals surface area contributed by atoms with Gasteiger partial charge in [0, 0.05) is 25.2 Å². The Morgan fingerprint density at radius 1 is 1.33 bits per heavy atom. The van der Waals surface area contributed by atoms with E-state index in [0.717, 1.165) is 16.6 Å². The van der Waals surface area contributed by atoms with Crippen molar-refractivity contribution in [2.45, 2.75) is 43.4 Å². The molecule has 0 aliphatic carbocycles. The molecule has 136 valence electrons. The average Bonchev–Trinajstić information content (AvgIpc) is 2.91. The SMILES string of the molecule is CC(C)(C)NC(=O)N1CCC(CNS(=O)(=O)c2ccc(Br)s2)CC1. The van der Waals surface area contributed by atoms with E-state index in [9.17, 15) is 13.2 Å². The van der Waals surface area contributed by atoms with Gasteiger partial charge in [0.25, 0.3) is 0 Å². The zero-order chi connectivity index (χ0) is 18.0. The van der Waals surface area contributed by atoms with Gasteiger partial charge in [0.2, 0.25) is 10.0 Å². The van der Waals surface area contributed by atoms with Crippen LogP contribution in [0.4, 0.5) is 4.79 Å². The first-order valence-electron chi connectivity index (χ1n) is 7.89. The van der Waals surface area contributed by atoms with Crippen LogP contribution in [-0.4, -0.2) is 44.5 Å². The maximum Gasteiger partial charge on any atom is 0.317 e. The van der Waals surface area contributed by atoms with Gasteiger partial charge in [0.1, 0.15) is 4.21 Å². The predicted molar refractivity (Wildman–Crippen MR) is 99.8 cm³/mol. The van der Waals surface area contributed by atoms with Gasteiger partial charge in [0.05, 0.1) is 3.79 Å². The quantitative estimate of drug-likeness (QED) is 0.759. The molecule has 1 aromatic heterocycles. The third-order valence-corrected chi connectivity index (χ3v) is 7.30. The number of thiophene rings is 1. The molecule has 2 amide bonds. The number of hydrogen-bond acceptors (Lipinski definition) is 4. The minimum atomic E-state index is -3.45. The molecule has 1 aliphatic heterocycles. The number of rotatable bonds is 4. The van der Waals surface area contributed by atoms with Gasteiger partial charge < -0.3 is 10.2 Å². The second-order valence-corrected chi connectivity index (χ2v) is 11.5. The topological polar surface area (TPSA) is 78.5 Å². The summed E-state index contributed by atoms with van der Waals surface area (Å²) in [6.45, 7) is 7.57. The summed E-state index contributed by atoms with van der Waals surface area (Å²) >= 11 is 4.47. The third kappa shape index (κ3) is 5.72. The van der Waals surface area contributed by atoms with E-state index in [1.807, 2.05) is 20.8 Å². The Kier molecular flexibility index (Phi) is 6.33. The van der Waals surface area contributed by atoms with Crippen LogP contribution in [0.25, 0.3) is 0 Å². The number of amides is 2. The molecule has 0 saturated carbocycles. The zero-order valence-corrected chi connectivity index (χ0v) is 17.4. The molecule has 0 unspecified atom stereocenters. The lowest BCUT2D eigenvalue weighted by Gasteiger charge is -2.34. The van der Waals surface area contributed by atoms with Gasteiger partial charge in [0.15, 0.2) is 0 Å².